The third kappa shape index (κ3) is 3.93. The molecule has 1 rings (SSSR count). The van der Waals surface area contributed by atoms with Crippen LogP contribution >= 0.6 is 0 Å². The second kappa shape index (κ2) is 5.79. The number of rotatable bonds is 5. The summed E-state index contributed by atoms with van der Waals surface area (Å²) >= 11 is 0. The van der Waals surface area contributed by atoms with Gasteiger partial charge in [0.25, 0.3) is 0 Å². The Labute approximate surface area is 102 Å². The monoisotopic (exact) mass is 264 g/mol. The molecule has 1 fully saturated rings. The first-order chi connectivity index (χ1) is 7.84. The molecular formula is C10H20N2O4S. The van der Waals surface area contributed by atoms with Crippen LogP contribution in [0.1, 0.15) is 13.8 Å². The van der Waals surface area contributed by atoms with Crippen LogP contribution in [0.4, 0.5) is 0 Å². The number of hydrogen-bond donors (Lipinski definition) is 2. The summed E-state index contributed by atoms with van der Waals surface area (Å²) in [6.45, 7) is 5.22. The summed E-state index contributed by atoms with van der Waals surface area (Å²) in [5.74, 6) is -0.881. The molecule has 1 atom stereocenters. The topological polar surface area (TPSA) is 86.7 Å². The molecule has 7 heteroatoms. The number of nitrogens with one attached hydrogen (secondary N) is 1. The highest BCUT2D eigenvalue weighted by molar-refractivity contribution is 7.92. The van der Waals surface area contributed by atoms with Crippen LogP contribution in [-0.2, 0) is 14.6 Å². The van der Waals surface area contributed by atoms with Crippen molar-refractivity contribution in [3.63, 3.8) is 0 Å². The molecule has 0 aliphatic carbocycles. The van der Waals surface area contributed by atoms with Crippen LogP contribution in [0, 0.1) is 0 Å². The molecule has 17 heavy (non-hydrogen) atoms. The number of aliphatic carboxylic acids is 1. The standard InChI is InChI=1S/C10H20N2O4S/c1-8(2)17(15,16)6-5-12-4-3-11-7-9(12)10(13)14/h8-9,11H,3-7H2,1-2H3,(H,13,14). The highest BCUT2D eigenvalue weighted by Gasteiger charge is 2.29. The Hall–Kier alpha value is -0.660. The minimum absolute atomic E-state index is 0.0223. The summed E-state index contributed by atoms with van der Waals surface area (Å²) in [5, 5.41) is 11.6. The van der Waals surface area contributed by atoms with Crippen LogP contribution < -0.4 is 5.32 Å². The van der Waals surface area contributed by atoms with Crippen molar-refractivity contribution in [1.29, 1.82) is 0 Å². The van der Waals surface area contributed by atoms with Crippen molar-refractivity contribution in [3.8, 4) is 0 Å². The van der Waals surface area contributed by atoms with E-state index in [9.17, 15) is 13.2 Å². The quantitative estimate of drug-likeness (QED) is 0.674. The van der Waals surface area contributed by atoms with Crippen molar-refractivity contribution in [2.45, 2.75) is 25.1 Å². The maximum Gasteiger partial charge on any atom is 0.322 e. The van der Waals surface area contributed by atoms with E-state index >= 15 is 0 Å². The molecule has 1 saturated heterocycles. The van der Waals surface area contributed by atoms with Crippen LogP contribution in [-0.4, -0.2) is 67.6 Å². The average Bonchev–Trinajstić information content (AvgIpc) is 2.26. The van der Waals surface area contributed by atoms with Crippen molar-refractivity contribution in [1.82, 2.24) is 10.2 Å². The van der Waals surface area contributed by atoms with Crippen molar-refractivity contribution in [2.75, 3.05) is 31.9 Å². The molecule has 100 valence electrons. The lowest BCUT2D eigenvalue weighted by Gasteiger charge is -2.33. The normalized spacial score (nSPS) is 22.9. The summed E-state index contributed by atoms with van der Waals surface area (Å²) in [6, 6.07) is -0.619. The first kappa shape index (κ1) is 14.4. The van der Waals surface area contributed by atoms with Crippen LogP contribution in [0.3, 0.4) is 0 Å². The number of nitrogens with zero attached hydrogens (tertiary/aromatic N) is 1. The number of carboxylic acids is 1. The SMILES string of the molecule is CC(C)S(=O)(=O)CCN1CCNCC1C(=O)O. The van der Waals surface area contributed by atoms with Gasteiger partial charge in [0.1, 0.15) is 6.04 Å². The summed E-state index contributed by atoms with van der Waals surface area (Å²) in [4.78, 5) is 12.7. The number of carbonyl (C=O) groups is 1. The van der Waals surface area contributed by atoms with E-state index < -0.39 is 27.1 Å². The zero-order chi connectivity index (χ0) is 13.1. The molecule has 0 amide bonds. The van der Waals surface area contributed by atoms with Gasteiger partial charge in [0.2, 0.25) is 0 Å². The molecule has 0 aromatic rings. The van der Waals surface area contributed by atoms with E-state index in [0.717, 1.165) is 0 Å². The van der Waals surface area contributed by atoms with E-state index in [-0.39, 0.29) is 5.75 Å². The molecule has 0 spiro atoms. The first-order valence-corrected chi connectivity index (χ1v) is 7.45. The zero-order valence-electron chi connectivity index (χ0n) is 10.2. The highest BCUT2D eigenvalue weighted by Crippen LogP contribution is 2.07. The van der Waals surface area contributed by atoms with E-state index in [1.54, 1.807) is 18.7 Å². The fourth-order valence-electron chi connectivity index (χ4n) is 1.74. The van der Waals surface area contributed by atoms with Gasteiger partial charge in [-0.15, -0.1) is 0 Å². The maximum atomic E-state index is 11.7. The van der Waals surface area contributed by atoms with Crippen molar-refractivity contribution < 1.29 is 18.3 Å². The lowest BCUT2D eigenvalue weighted by atomic mass is 10.2. The number of piperazine rings is 1. The summed E-state index contributed by atoms with van der Waals surface area (Å²) < 4.78 is 23.3. The minimum atomic E-state index is -3.10. The summed E-state index contributed by atoms with van der Waals surface area (Å²) in [5.41, 5.74) is 0. The third-order valence-electron chi connectivity index (χ3n) is 3.02. The van der Waals surface area contributed by atoms with E-state index in [0.29, 0.717) is 26.2 Å². The predicted molar refractivity (Wildman–Crippen MR) is 64.8 cm³/mol. The maximum absolute atomic E-state index is 11.7. The molecule has 1 aliphatic rings. The Kier molecular flexibility index (Phi) is 4.91. The van der Waals surface area contributed by atoms with Crippen LogP contribution in [0.15, 0.2) is 0 Å². The second-order valence-corrected chi connectivity index (χ2v) is 7.19. The fraction of sp³-hybridized carbons (Fsp3) is 0.900. The molecule has 0 radical (unpaired) electrons. The van der Waals surface area contributed by atoms with Crippen molar-refractivity contribution in [3.05, 3.63) is 0 Å². The Morgan fingerprint density at radius 2 is 2.18 bits per heavy atom. The molecule has 2 N–H and O–H groups in total. The fourth-order valence-corrected chi connectivity index (χ4v) is 2.70. The molecule has 0 aromatic heterocycles. The zero-order valence-corrected chi connectivity index (χ0v) is 11.0. The molecule has 0 aromatic carbocycles. The lowest BCUT2D eigenvalue weighted by Crippen LogP contribution is -2.55. The van der Waals surface area contributed by atoms with Crippen molar-refractivity contribution in [2.24, 2.45) is 0 Å². The van der Waals surface area contributed by atoms with Gasteiger partial charge in [0.15, 0.2) is 9.84 Å². The van der Waals surface area contributed by atoms with E-state index in [2.05, 4.69) is 5.32 Å². The Morgan fingerprint density at radius 1 is 1.53 bits per heavy atom. The number of carboxylic acid groups (broad SMARTS) is 1. The van der Waals surface area contributed by atoms with Gasteiger partial charge < -0.3 is 10.4 Å². The van der Waals surface area contributed by atoms with Crippen LogP contribution in [0.5, 0.6) is 0 Å². The lowest BCUT2D eigenvalue weighted by molar-refractivity contribution is -0.143. The average molecular weight is 264 g/mol. The first-order valence-electron chi connectivity index (χ1n) is 5.73. The molecule has 1 aliphatic heterocycles. The molecule has 0 saturated carbocycles. The van der Waals surface area contributed by atoms with Gasteiger partial charge in [-0.05, 0) is 13.8 Å². The molecule has 0 bridgehead atoms. The van der Waals surface area contributed by atoms with Gasteiger partial charge >= 0.3 is 5.97 Å². The van der Waals surface area contributed by atoms with Gasteiger partial charge in [-0.2, -0.15) is 0 Å². The van der Waals surface area contributed by atoms with Gasteiger partial charge in [-0.25, -0.2) is 8.42 Å². The Bertz CT molecular complexity index is 367. The van der Waals surface area contributed by atoms with Crippen molar-refractivity contribution >= 4 is 15.8 Å². The van der Waals surface area contributed by atoms with E-state index in [1.807, 2.05) is 0 Å². The minimum Gasteiger partial charge on any atom is -0.480 e. The van der Waals surface area contributed by atoms with Crippen LogP contribution in [0.2, 0.25) is 0 Å². The Balaban J connectivity index is 2.58. The van der Waals surface area contributed by atoms with Crippen LogP contribution in [0.25, 0.3) is 0 Å². The molecule has 1 heterocycles. The van der Waals surface area contributed by atoms with Gasteiger partial charge in [0, 0.05) is 26.2 Å². The summed E-state index contributed by atoms with van der Waals surface area (Å²) in [7, 11) is -3.10. The molecule has 1 unspecified atom stereocenters. The Morgan fingerprint density at radius 3 is 2.71 bits per heavy atom. The largest absolute Gasteiger partial charge is 0.480 e. The van der Waals surface area contributed by atoms with E-state index in [4.69, 9.17) is 5.11 Å². The summed E-state index contributed by atoms with van der Waals surface area (Å²) in [6.07, 6.45) is 0. The number of sulfone groups is 1. The predicted octanol–water partition coefficient (Wildman–Crippen LogP) is -0.832. The molecular weight excluding hydrogens is 244 g/mol. The smallest absolute Gasteiger partial charge is 0.322 e. The molecule has 6 nitrogen and oxygen atoms in total. The van der Waals surface area contributed by atoms with Gasteiger partial charge in [0.05, 0.1) is 11.0 Å². The second-order valence-electron chi connectivity index (χ2n) is 4.51. The van der Waals surface area contributed by atoms with Gasteiger partial charge in [-0.1, -0.05) is 0 Å². The van der Waals surface area contributed by atoms with E-state index in [1.165, 1.54) is 0 Å². The third-order valence-corrected chi connectivity index (χ3v) is 5.21. The van der Waals surface area contributed by atoms with Gasteiger partial charge in [-0.3, -0.25) is 9.69 Å². The number of hydrogen-bond acceptors (Lipinski definition) is 5. The highest BCUT2D eigenvalue weighted by atomic mass is 32.2.